The molecule has 32 heavy (non-hydrogen) atoms. The molecule has 0 fully saturated rings. The average Bonchev–Trinajstić information content (AvgIpc) is 2.84. The summed E-state index contributed by atoms with van der Waals surface area (Å²) in [5.74, 6) is 0. The van der Waals surface area contributed by atoms with Crippen LogP contribution in [0.3, 0.4) is 0 Å². The third-order valence-corrected chi connectivity index (χ3v) is 7.60. The molecule has 0 heteroatoms. The minimum atomic E-state index is 0.994. The van der Waals surface area contributed by atoms with Gasteiger partial charge in [-0.3, -0.25) is 0 Å². The third kappa shape index (κ3) is 2.03. The molecular formula is C32H20. The highest BCUT2D eigenvalue weighted by molar-refractivity contribution is 6.19. The van der Waals surface area contributed by atoms with Gasteiger partial charge in [-0.15, -0.1) is 0 Å². The van der Waals surface area contributed by atoms with Crippen LogP contribution < -0.4 is 0 Å². The lowest BCUT2D eigenvalue weighted by Crippen LogP contribution is -2.06. The molecule has 6 aromatic rings. The molecule has 148 valence electrons. The second kappa shape index (κ2) is 5.87. The van der Waals surface area contributed by atoms with Crippen LogP contribution in [0.15, 0.2) is 91.0 Å². The number of fused-ring (bicyclic) bond motifs is 7. The maximum atomic E-state index is 2.47. The minimum absolute atomic E-state index is 0.994. The summed E-state index contributed by atoms with van der Waals surface area (Å²) < 4.78 is 0. The summed E-state index contributed by atoms with van der Waals surface area (Å²) in [5.41, 5.74) is 8.64. The monoisotopic (exact) mass is 404 g/mol. The van der Waals surface area contributed by atoms with Crippen molar-refractivity contribution >= 4 is 49.2 Å². The van der Waals surface area contributed by atoms with Gasteiger partial charge in [0.25, 0.3) is 0 Å². The van der Waals surface area contributed by atoms with Gasteiger partial charge in [-0.25, -0.2) is 0 Å². The van der Waals surface area contributed by atoms with E-state index in [1.807, 2.05) is 0 Å². The van der Waals surface area contributed by atoms with Gasteiger partial charge < -0.3 is 0 Å². The van der Waals surface area contributed by atoms with E-state index in [2.05, 4.69) is 97.1 Å². The van der Waals surface area contributed by atoms with Crippen molar-refractivity contribution in [1.82, 2.24) is 0 Å². The lowest BCUT2D eigenvalue weighted by Gasteiger charge is -2.27. The molecule has 0 saturated heterocycles. The molecule has 0 amide bonds. The molecule has 0 saturated carbocycles. The Kier molecular flexibility index (Phi) is 3.07. The Labute approximate surface area is 186 Å². The van der Waals surface area contributed by atoms with Crippen LogP contribution in [0.4, 0.5) is 0 Å². The van der Waals surface area contributed by atoms with Gasteiger partial charge >= 0.3 is 0 Å². The maximum Gasteiger partial charge on any atom is -0.00128 e. The van der Waals surface area contributed by atoms with E-state index in [0.717, 1.165) is 12.8 Å². The second-order valence-corrected chi connectivity index (χ2v) is 9.27. The normalized spacial score (nSPS) is 13.9. The Bertz CT molecular complexity index is 1810. The van der Waals surface area contributed by atoms with Crippen molar-refractivity contribution in [3.8, 4) is 11.1 Å². The first-order valence-electron chi connectivity index (χ1n) is 11.5. The fourth-order valence-corrected chi connectivity index (χ4v) is 6.38. The standard InChI is InChI=1S/C32H20/c1-2-10-25-19(6-1)14-15-22-17-24-18-23-16-21-9-3-7-20-8-4-11-26(29(20)21)31(23)28-13-5-12-27(30(22)25)32(24)28/h1-11,13-15,17-18H,12,16H2. The zero-order valence-corrected chi connectivity index (χ0v) is 17.7. The highest BCUT2D eigenvalue weighted by Gasteiger charge is 2.25. The van der Waals surface area contributed by atoms with Crippen LogP contribution in [0.1, 0.15) is 22.3 Å². The van der Waals surface area contributed by atoms with Crippen molar-refractivity contribution in [2.45, 2.75) is 12.8 Å². The van der Waals surface area contributed by atoms with Gasteiger partial charge in [-0.05, 0) is 95.4 Å². The highest BCUT2D eigenvalue weighted by Crippen LogP contribution is 2.47. The molecule has 0 radical (unpaired) electrons. The molecule has 0 bridgehead atoms. The molecule has 0 aromatic heterocycles. The van der Waals surface area contributed by atoms with E-state index in [1.165, 1.54) is 76.5 Å². The minimum Gasteiger partial charge on any atom is -0.0794 e. The maximum absolute atomic E-state index is 2.47. The second-order valence-electron chi connectivity index (χ2n) is 9.27. The third-order valence-electron chi connectivity index (χ3n) is 7.60. The van der Waals surface area contributed by atoms with Gasteiger partial charge in [0, 0.05) is 0 Å². The number of benzene rings is 6. The van der Waals surface area contributed by atoms with Crippen molar-refractivity contribution in [3.05, 3.63) is 113 Å². The van der Waals surface area contributed by atoms with Crippen LogP contribution in [0.5, 0.6) is 0 Å². The van der Waals surface area contributed by atoms with Gasteiger partial charge in [0.2, 0.25) is 0 Å². The van der Waals surface area contributed by atoms with Crippen LogP contribution in [0, 0.1) is 0 Å². The number of rotatable bonds is 0. The lowest BCUT2D eigenvalue weighted by molar-refractivity contribution is 1.20. The van der Waals surface area contributed by atoms with E-state index < -0.39 is 0 Å². The van der Waals surface area contributed by atoms with Gasteiger partial charge in [-0.2, -0.15) is 0 Å². The van der Waals surface area contributed by atoms with Crippen molar-refractivity contribution in [2.75, 3.05) is 0 Å². The van der Waals surface area contributed by atoms with E-state index in [-0.39, 0.29) is 0 Å². The molecule has 2 aliphatic carbocycles. The average molecular weight is 405 g/mol. The highest BCUT2D eigenvalue weighted by atomic mass is 14.3. The molecule has 0 nitrogen and oxygen atoms in total. The fraction of sp³-hybridized carbons (Fsp3) is 0.0625. The molecule has 0 N–H and O–H groups in total. The van der Waals surface area contributed by atoms with E-state index >= 15 is 0 Å². The first-order valence-corrected chi connectivity index (χ1v) is 11.5. The molecule has 0 atom stereocenters. The topological polar surface area (TPSA) is 0 Å². The molecule has 2 aliphatic rings. The molecule has 6 aromatic carbocycles. The largest absolute Gasteiger partial charge is 0.0794 e. The summed E-state index contributed by atoms with van der Waals surface area (Å²) in [7, 11) is 0. The SMILES string of the molecule is C1=Cc2c3c(cc4cc5ccc6ccccc6c5c(c24)C1)Cc1cccc2cccc-3c12. The lowest BCUT2D eigenvalue weighted by atomic mass is 9.77. The van der Waals surface area contributed by atoms with Crippen LogP contribution in [0.2, 0.25) is 0 Å². The van der Waals surface area contributed by atoms with Crippen molar-refractivity contribution in [2.24, 2.45) is 0 Å². The summed E-state index contributed by atoms with van der Waals surface area (Å²) in [4.78, 5) is 0. The van der Waals surface area contributed by atoms with E-state index in [1.54, 1.807) is 0 Å². The zero-order valence-electron chi connectivity index (χ0n) is 17.7. The molecular weight excluding hydrogens is 384 g/mol. The molecule has 0 unspecified atom stereocenters. The van der Waals surface area contributed by atoms with Crippen LogP contribution in [0.25, 0.3) is 60.3 Å². The first kappa shape index (κ1) is 16.8. The van der Waals surface area contributed by atoms with E-state index in [9.17, 15) is 0 Å². The summed E-state index contributed by atoms with van der Waals surface area (Å²) in [5, 5.41) is 11.1. The molecule has 0 spiro atoms. The number of hydrogen-bond acceptors (Lipinski definition) is 0. The summed E-state index contributed by atoms with van der Waals surface area (Å²) in [6, 6.07) is 31.8. The fourth-order valence-electron chi connectivity index (χ4n) is 6.38. The molecule has 8 rings (SSSR count). The van der Waals surface area contributed by atoms with Gasteiger partial charge in [0.05, 0.1) is 0 Å². The van der Waals surface area contributed by atoms with Crippen LogP contribution in [-0.4, -0.2) is 0 Å². The predicted octanol–water partition coefficient (Wildman–Crippen LogP) is 8.44. The van der Waals surface area contributed by atoms with Crippen LogP contribution in [-0.2, 0) is 12.8 Å². The Morgan fingerprint density at radius 3 is 2.38 bits per heavy atom. The molecule has 0 aliphatic heterocycles. The van der Waals surface area contributed by atoms with E-state index in [4.69, 9.17) is 0 Å². The Balaban J connectivity index is 1.59. The zero-order chi connectivity index (χ0) is 20.8. The Morgan fingerprint density at radius 1 is 0.562 bits per heavy atom. The summed E-state index contributed by atoms with van der Waals surface area (Å²) in [6.07, 6.45) is 6.76. The molecule has 0 heterocycles. The first-order chi connectivity index (χ1) is 15.9. The van der Waals surface area contributed by atoms with E-state index in [0.29, 0.717) is 0 Å². The number of hydrogen-bond donors (Lipinski definition) is 0. The Hall–Kier alpha value is -3.90. The smallest absolute Gasteiger partial charge is 0.00128 e. The Morgan fingerprint density at radius 2 is 1.41 bits per heavy atom. The quantitative estimate of drug-likeness (QED) is 0.176. The van der Waals surface area contributed by atoms with Gasteiger partial charge in [0.15, 0.2) is 0 Å². The van der Waals surface area contributed by atoms with Crippen molar-refractivity contribution < 1.29 is 0 Å². The van der Waals surface area contributed by atoms with Gasteiger partial charge in [-0.1, -0.05) is 91.0 Å². The summed E-state index contributed by atoms with van der Waals surface area (Å²) in [6.45, 7) is 0. The van der Waals surface area contributed by atoms with Crippen LogP contribution >= 0.6 is 0 Å². The van der Waals surface area contributed by atoms with Gasteiger partial charge in [0.1, 0.15) is 0 Å². The summed E-state index contributed by atoms with van der Waals surface area (Å²) >= 11 is 0. The van der Waals surface area contributed by atoms with Crippen molar-refractivity contribution in [1.29, 1.82) is 0 Å². The number of allylic oxidation sites excluding steroid dienone is 1. The van der Waals surface area contributed by atoms with Crippen molar-refractivity contribution in [3.63, 3.8) is 0 Å². The predicted molar refractivity (Wildman–Crippen MR) is 137 cm³/mol.